The minimum Gasteiger partial charge on any atom is -0.421 e. The lowest BCUT2D eigenvalue weighted by Gasteiger charge is -1.92. The van der Waals surface area contributed by atoms with Crippen LogP contribution in [0.2, 0.25) is 0 Å². The van der Waals surface area contributed by atoms with Gasteiger partial charge >= 0.3 is 0 Å². The van der Waals surface area contributed by atoms with Gasteiger partial charge in [0.2, 0.25) is 11.8 Å². The van der Waals surface area contributed by atoms with Crippen LogP contribution in [0.5, 0.6) is 0 Å². The van der Waals surface area contributed by atoms with Crippen molar-refractivity contribution in [3.05, 3.63) is 42.2 Å². The van der Waals surface area contributed by atoms with E-state index in [0.29, 0.717) is 11.8 Å². The van der Waals surface area contributed by atoms with Crippen LogP contribution in [0.4, 0.5) is 0 Å². The Hall–Kier alpha value is -1.64. The van der Waals surface area contributed by atoms with E-state index in [1.54, 1.807) is 13.0 Å². The zero-order valence-corrected chi connectivity index (χ0v) is 10.7. The highest BCUT2D eigenvalue weighted by atomic mass is 16.4. The maximum Gasteiger partial charge on any atom is 0.247 e. The van der Waals surface area contributed by atoms with Gasteiger partial charge in [-0.2, -0.15) is 0 Å². The van der Waals surface area contributed by atoms with Crippen molar-refractivity contribution in [3.63, 3.8) is 0 Å². The molecule has 0 atom stereocenters. The van der Waals surface area contributed by atoms with Gasteiger partial charge < -0.3 is 4.42 Å². The maximum atomic E-state index is 5.28. The molecule has 0 fully saturated rings. The Kier molecular flexibility index (Phi) is 6.84. The first-order valence-electron chi connectivity index (χ1n) is 5.41. The monoisotopic (exact) mass is 220 g/mol. The van der Waals surface area contributed by atoms with Crippen molar-refractivity contribution in [2.45, 2.75) is 34.6 Å². The van der Waals surface area contributed by atoms with E-state index >= 15 is 0 Å². The molecule has 0 amide bonds. The lowest BCUT2D eigenvalue weighted by atomic mass is 10.2. The molecule has 0 aromatic carbocycles. The van der Waals surface area contributed by atoms with Gasteiger partial charge in [0.05, 0.1) is 0 Å². The molecule has 0 aliphatic rings. The van der Waals surface area contributed by atoms with Crippen LogP contribution in [0.25, 0.3) is 5.57 Å². The van der Waals surface area contributed by atoms with E-state index < -0.39 is 0 Å². The summed E-state index contributed by atoms with van der Waals surface area (Å²) in [5.74, 6) is 1.07. The molecule has 0 bridgehead atoms. The Morgan fingerprint density at radius 1 is 1.19 bits per heavy atom. The van der Waals surface area contributed by atoms with E-state index in [0.717, 1.165) is 5.57 Å². The third-order valence-corrected chi connectivity index (χ3v) is 1.59. The predicted molar refractivity (Wildman–Crippen MR) is 68.0 cm³/mol. The lowest BCUT2D eigenvalue weighted by molar-refractivity contribution is 0.507. The Bertz CT molecular complexity index is 382. The van der Waals surface area contributed by atoms with Gasteiger partial charge in [-0.1, -0.05) is 38.2 Å². The average Bonchev–Trinajstić information content (AvgIpc) is 2.68. The topological polar surface area (TPSA) is 38.9 Å². The maximum absolute atomic E-state index is 5.28. The summed E-state index contributed by atoms with van der Waals surface area (Å²) >= 11 is 0. The van der Waals surface area contributed by atoms with Crippen molar-refractivity contribution in [2.75, 3.05) is 0 Å². The van der Waals surface area contributed by atoms with Crippen molar-refractivity contribution in [1.82, 2.24) is 10.2 Å². The van der Waals surface area contributed by atoms with E-state index in [1.165, 1.54) is 5.57 Å². The molecule has 16 heavy (non-hydrogen) atoms. The van der Waals surface area contributed by atoms with Crippen molar-refractivity contribution in [1.29, 1.82) is 0 Å². The smallest absolute Gasteiger partial charge is 0.247 e. The fourth-order valence-corrected chi connectivity index (χ4v) is 0.896. The lowest BCUT2D eigenvalue weighted by Crippen LogP contribution is -1.80. The van der Waals surface area contributed by atoms with Gasteiger partial charge in [-0.15, -0.1) is 10.2 Å². The van der Waals surface area contributed by atoms with Crippen LogP contribution in [-0.4, -0.2) is 10.2 Å². The molecule has 0 saturated carbocycles. The van der Waals surface area contributed by atoms with Crippen molar-refractivity contribution in [3.8, 4) is 0 Å². The third kappa shape index (κ3) is 4.73. The second-order valence-corrected chi connectivity index (χ2v) is 3.20. The number of aryl methyl sites for hydroxylation is 1. The van der Waals surface area contributed by atoms with Crippen molar-refractivity contribution in [2.24, 2.45) is 0 Å². The number of aromatic nitrogens is 2. The summed E-state index contributed by atoms with van der Waals surface area (Å²) in [6.45, 7) is 13.5. The van der Waals surface area contributed by atoms with Crippen LogP contribution >= 0.6 is 0 Å². The number of rotatable bonds is 3. The molecule has 0 spiro atoms. The van der Waals surface area contributed by atoms with E-state index in [4.69, 9.17) is 4.42 Å². The van der Waals surface area contributed by atoms with Gasteiger partial charge in [0, 0.05) is 12.5 Å². The number of hydrogen-bond donors (Lipinski definition) is 0. The van der Waals surface area contributed by atoms with Gasteiger partial charge in [-0.05, 0) is 19.9 Å². The summed E-state index contributed by atoms with van der Waals surface area (Å²) in [6.07, 6.45) is 5.60. The average molecular weight is 220 g/mol. The van der Waals surface area contributed by atoms with E-state index in [-0.39, 0.29) is 0 Å². The Morgan fingerprint density at radius 2 is 1.81 bits per heavy atom. The fourth-order valence-electron chi connectivity index (χ4n) is 0.896. The SMILES string of the molecule is C=C/C(=C\C=C(C)C)c1nnc(C)o1.CC. The van der Waals surface area contributed by atoms with Crippen LogP contribution in [0.15, 0.2) is 34.8 Å². The summed E-state index contributed by atoms with van der Waals surface area (Å²) in [7, 11) is 0. The normalized spacial score (nSPS) is 10.2. The van der Waals surface area contributed by atoms with E-state index in [9.17, 15) is 0 Å². The van der Waals surface area contributed by atoms with Crippen LogP contribution in [0, 0.1) is 6.92 Å². The number of hydrogen-bond acceptors (Lipinski definition) is 3. The second-order valence-electron chi connectivity index (χ2n) is 3.20. The van der Waals surface area contributed by atoms with Crippen LogP contribution in [-0.2, 0) is 0 Å². The molecule has 3 heteroatoms. The van der Waals surface area contributed by atoms with Gasteiger partial charge in [-0.3, -0.25) is 0 Å². The first-order chi connectivity index (χ1) is 7.63. The first-order valence-corrected chi connectivity index (χ1v) is 5.41. The molecular weight excluding hydrogens is 200 g/mol. The standard InChI is InChI=1S/C11H14N2O.C2H6/c1-5-10(7-6-8(2)3)11-13-12-9(4)14-11;1-2/h5-7H,1H2,2-4H3;1-2H3/b10-7+;. The highest BCUT2D eigenvalue weighted by Gasteiger charge is 2.04. The molecule has 0 saturated heterocycles. The van der Waals surface area contributed by atoms with Crippen LogP contribution in [0.1, 0.15) is 39.5 Å². The minimum absolute atomic E-state index is 0.509. The molecule has 0 N–H and O–H groups in total. The Balaban J connectivity index is 0.00000106. The summed E-state index contributed by atoms with van der Waals surface area (Å²) < 4.78 is 5.28. The summed E-state index contributed by atoms with van der Waals surface area (Å²) in [6, 6.07) is 0. The van der Waals surface area contributed by atoms with Crippen LogP contribution in [0.3, 0.4) is 0 Å². The summed E-state index contributed by atoms with van der Waals surface area (Å²) in [4.78, 5) is 0. The van der Waals surface area contributed by atoms with Gasteiger partial charge in [0.15, 0.2) is 0 Å². The highest BCUT2D eigenvalue weighted by molar-refractivity contribution is 5.69. The zero-order chi connectivity index (χ0) is 12.6. The molecular formula is C13H20N2O. The van der Waals surface area contributed by atoms with E-state index in [1.807, 2.05) is 39.8 Å². The third-order valence-electron chi connectivity index (χ3n) is 1.59. The molecule has 1 aromatic rings. The number of allylic oxidation sites excluding steroid dienone is 5. The molecule has 1 heterocycles. The summed E-state index contributed by atoms with van der Waals surface area (Å²) in [5.41, 5.74) is 2.05. The number of nitrogens with zero attached hydrogens (tertiary/aromatic N) is 2. The molecule has 0 aliphatic heterocycles. The molecule has 0 aliphatic carbocycles. The van der Waals surface area contributed by atoms with E-state index in [2.05, 4.69) is 16.8 Å². The molecule has 1 rings (SSSR count). The zero-order valence-electron chi connectivity index (χ0n) is 10.7. The van der Waals surface area contributed by atoms with Gasteiger partial charge in [-0.25, -0.2) is 0 Å². The predicted octanol–water partition coefficient (Wildman–Crippen LogP) is 3.94. The largest absolute Gasteiger partial charge is 0.421 e. The minimum atomic E-state index is 0.509. The van der Waals surface area contributed by atoms with Crippen molar-refractivity contribution < 1.29 is 4.42 Å². The Labute approximate surface area is 97.6 Å². The molecule has 3 nitrogen and oxygen atoms in total. The highest BCUT2D eigenvalue weighted by Crippen LogP contribution is 2.13. The Morgan fingerprint density at radius 3 is 2.19 bits per heavy atom. The first kappa shape index (κ1) is 14.4. The summed E-state index contributed by atoms with van der Waals surface area (Å²) in [5, 5.41) is 7.67. The fraction of sp³-hybridized carbons (Fsp3) is 0.385. The van der Waals surface area contributed by atoms with Crippen molar-refractivity contribution >= 4 is 5.57 Å². The van der Waals surface area contributed by atoms with Crippen LogP contribution < -0.4 is 0 Å². The van der Waals surface area contributed by atoms with Gasteiger partial charge in [0.25, 0.3) is 0 Å². The molecule has 1 aromatic heterocycles. The second kappa shape index (κ2) is 7.63. The molecule has 88 valence electrons. The molecule has 0 radical (unpaired) electrons. The quantitative estimate of drug-likeness (QED) is 0.724. The van der Waals surface area contributed by atoms with Gasteiger partial charge in [0.1, 0.15) is 0 Å². The molecule has 0 unspecified atom stereocenters.